The van der Waals surface area contributed by atoms with Crippen molar-refractivity contribution in [2.75, 3.05) is 6.54 Å². The van der Waals surface area contributed by atoms with E-state index in [1.54, 1.807) is 11.3 Å². The molecule has 2 aromatic rings. The molecule has 1 N–H and O–H groups in total. The Kier molecular flexibility index (Phi) is 4.30. The highest BCUT2D eigenvalue weighted by Crippen LogP contribution is 2.33. The lowest BCUT2D eigenvalue weighted by Crippen LogP contribution is -2.13. The van der Waals surface area contributed by atoms with E-state index in [-0.39, 0.29) is 0 Å². The van der Waals surface area contributed by atoms with Crippen molar-refractivity contribution < 1.29 is 8.78 Å². The van der Waals surface area contributed by atoms with Gasteiger partial charge in [0.25, 0.3) is 0 Å². The van der Waals surface area contributed by atoms with Crippen LogP contribution in [0, 0.1) is 11.6 Å². The number of benzene rings is 1. The summed E-state index contributed by atoms with van der Waals surface area (Å²) < 4.78 is 27.3. The van der Waals surface area contributed by atoms with Crippen LogP contribution in [0.25, 0.3) is 10.1 Å². The smallest absolute Gasteiger partial charge is 0.160 e. The summed E-state index contributed by atoms with van der Waals surface area (Å²) in [6.45, 7) is 5.90. The average molecular weight is 269 g/mol. The van der Waals surface area contributed by atoms with E-state index >= 15 is 0 Å². The number of hydrogen-bond acceptors (Lipinski definition) is 2. The Bertz CT molecular complexity index is 548. The van der Waals surface area contributed by atoms with Gasteiger partial charge in [-0.15, -0.1) is 11.3 Å². The molecule has 0 bridgehead atoms. The quantitative estimate of drug-likeness (QED) is 0.800. The van der Waals surface area contributed by atoms with Crippen LogP contribution >= 0.6 is 11.3 Å². The first kappa shape index (κ1) is 13.4. The number of nitrogens with one attached hydrogen (secondary N) is 1. The fourth-order valence-electron chi connectivity index (χ4n) is 2.10. The maximum Gasteiger partial charge on any atom is 0.160 e. The Morgan fingerprint density at radius 1 is 1.17 bits per heavy atom. The predicted octanol–water partition coefficient (Wildman–Crippen LogP) is 4.24. The van der Waals surface area contributed by atoms with Gasteiger partial charge < -0.3 is 5.32 Å². The van der Waals surface area contributed by atoms with Crippen LogP contribution in [-0.4, -0.2) is 6.54 Å². The summed E-state index contributed by atoms with van der Waals surface area (Å²) in [5.74, 6) is -1.53. The molecule has 0 amide bonds. The van der Waals surface area contributed by atoms with Crippen LogP contribution in [0.4, 0.5) is 8.78 Å². The van der Waals surface area contributed by atoms with Crippen molar-refractivity contribution in [3.63, 3.8) is 0 Å². The second kappa shape index (κ2) is 5.76. The summed E-state index contributed by atoms with van der Waals surface area (Å²) in [5, 5.41) is 4.20. The fraction of sp³-hybridized carbons (Fsp3) is 0.429. The Labute approximate surface area is 110 Å². The van der Waals surface area contributed by atoms with Gasteiger partial charge in [-0.25, -0.2) is 8.78 Å². The summed E-state index contributed by atoms with van der Waals surface area (Å²) >= 11 is 1.55. The van der Waals surface area contributed by atoms with Crippen LogP contribution in [0.3, 0.4) is 0 Å². The monoisotopic (exact) mass is 269 g/mol. The summed E-state index contributed by atoms with van der Waals surface area (Å²) in [7, 11) is 0. The molecule has 0 unspecified atom stereocenters. The molecule has 18 heavy (non-hydrogen) atoms. The highest BCUT2D eigenvalue weighted by atomic mass is 32.1. The topological polar surface area (TPSA) is 12.0 Å². The third kappa shape index (κ3) is 2.54. The van der Waals surface area contributed by atoms with Crippen molar-refractivity contribution in [1.29, 1.82) is 0 Å². The molecule has 0 aliphatic heterocycles. The zero-order chi connectivity index (χ0) is 13.1. The van der Waals surface area contributed by atoms with E-state index in [9.17, 15) is 8.78 Å². The highest BCUT2D eigenvalue weighted by molar-refractivity contribution is 7.19. The summed E-state index contributed by atoms with van der Waals surface area (Å²) in [6.07, 6.45) is 1.92. The summed E-state index contributed by atoms with van der Waals surface area (Å²) in [4.78, 5) is 1.19. The molecule has 1 nitrogen and oxygen atoms in total. The molecule has 4 heteroatoms. The third-order valence-corrected chi connectivity index (χ3v) is 4.18. The van der Waals surface area contributed by atoms with E-state index in [1.807, 2.05) is 6.92 Å². The van der Waals surface area contributed by atoms with Gasteiger partial charge in [-0.3, -0.25) is 0 Å². The van der Waals surface area contributed by atoms with Crippen LogP contribution in [0.2, 0.25) is 0 Å². The molecule has 1 aromatic carbocycles. The number of hydrogen-bond donors (Lipinski definition) is 1. The summed E-state index contributed by atoms with van der Waals surface area (Å²) in [5.41, 5.74) is 1.14. The van der Waals surface area contributed by atoms with Crippen LogP contribution in [-0.2, 0) is 13.0 Å². The summed E-state index contributed by atoms with van der Waals surface area (Å²) in [6, 6.07) is 2.63. The molecule has 0 radical (unpaired) electrons. The van der Waals surface area contributed by atoms with E-state index in [2.05, 4.69) is 12.2 Å². The van der Waals surface area contributed by atoms with E-state index in [1.165, 1.54) is 17.0 Å². The fourth-order valence-corrected chi connectivity index (χ4v) is 3.37. The van der Waals surface area contributed by atoms with Crippen LogP contribution in [0.5, 0.6) is 0 Å². The number of fused-ring (bicyclic) bond motifs is 1. The van der Waals surface area contributed by atoms with Gasteiger partial charge in [-0.1, -0.05) is 13.8 Å². The van der Waals surface area contributed by atoms with Crippen molar-refractivity contribution in [3.8, 4) is 0 Å². The van der Waals surface area contributed by atoms with Gasteiger partial charge in [0.15, 0.2) is 11.6 Å². The largest absolute Gasteiger partial charge is 0.312 e. The van der Waals surface area contributed by atoms with Crippen LogP contribution in [0.1, 0.15) is 30.7 Å². The van der Waals surface area contributed by atoms with Crippen molar-refractivity contribution in [2.45, 2.75) is 33.2 Å². The minimum absolute atomic E-state index is 0.761. The first-order valence-electron chi connectivity index (χ1n) is 6.27. The Balaban J connectivity index is 2.41. The molecule has 98 valence electrons. The Morgan fingerprint density at radius 3 is 2.56 bits per heavy atom. The first-order valence-corrected chi connectivity index (χ1v) is 7.09. The van der Waals surface area contributed by atoms with E-state index in [0.29, 0.717) is 0 Å². The van der Waals surface area contributed by atoms with Crippen LogP contribution < -0.4 is 5.32 Å². The Morgan fingerprint density at radius 2 is 1.89 bits per heavy atom. The number of aryl methyl sites for hydroxylation is 1. The third-order valence-electron chi connectivity index (χ3n) is 2.98. The van der Waals surface area contributed by atoms with E-state index in [0.717, 1.165) is 41.6 Å². The molecule has 1 heterocycles. The minimum atomic E-state index is -0.764. The standard InChI is InChI=1S/C14H17F2NS/c1-3-5-17-8-14-9(4-2)10-6-11(15)12(16)7-13(10)18-14/h6-7,17H,3-5,8H2,1-2H3. The maximum absolute atomic E-state index is 13.3. The lowest BCUT2D eigenvalue weighted by molar-refractivity contribution is 0.511. The van der Waals surface area contributed by atoms with Crippen molar-refractivity contribution in [2.24, 2.45) is 0 Å². The zero-order valence-electron chi connectivity index (χ0n) is 10.6. The lowest BCUT2D eigenvalue weighted by atomic mass is 10.1. The normalized spacial score (nSPS) is 11.3. The zero-order valence-corrected chi connectivity index (χ0v) is 11.5. The van der Waals surface area contributed by atoms with Crippen molar-refractivity contribution in [3.05, 3.63) is 34.2 Å². The van der Waals surface area contributed by atoms with E-state index in [4.69, 9.17) is 0 Å². The number of thiophene rings is 1. The number of halogens is 2. The van der Waals surface area contributed by atoms with Crippen LogP contribution in [0.15, 0.2) is 12.1 Å². The molecular formula is C14H17F2NS. The Hall–Kier alpha value is -1.00. The molecule has 0 atom stereocenters. The SMILES string of the molecule is CCCNCc1sc2cc(F)c(F)cc2c1CC. The molecule has 1 aromatic heterocycles. The molecule has 0 spiro atoms. The van der Waals surface area contributed by atoms with Gasteiger partial charge in [0, 0.05) is 16.1 Å². The lowest BCUT2D eigenvalue weighted by Gasteiger charge is -2.03. The number of rotatable bonds is 5. The van der Waals surface area contributed by atoms with Gasteiger partial charge >= 0.3 is 0 Å². The van der Waals surface area contributed by atoms with Gasteiger partial charge in [-0.05, 0) is 42.5 Å². The second-order valence-corrected chi connectivity index (χ2v) is 5.43. The molecule has 0 aliphatic rings. The molecule has 0 aliphatic carbocycles. The average Bonchev–Trinajstić information content (AvgIpc) is 2.67. The molecule has 0 fully saturated rings. The molecule has 0 saturated carbocycles. The maximum atomic E-state index is 13.3. The molecule has 0 saturated heterocycles. The minimum Gasteiger partial charge on any atom is -0.312 e. The van der Waals surface area contributed by atoms with E-state index < -0.39 is 11.6 Å². The predicted molar refractivity (Wildman–Crippen MR) is 73.1 cm³/mol. The first-order chi connectivity index (χ1) is 8.67. The molecular weight excluding hydrogens is 252 g/mol. The van der Waals surface area contributed by atoms with Crippen molar-refractivity contribution in [1.82, 2.24) is 5.32 Å². The van der Waals surface area contributed by atoms with Gasteiger partial charge in [0.1, 0.15) is 0 Å². The molecule has 2 rings (SSSR count). The highest BCUT2D eigenvalue weighted by Gasteiger charge is 2.13. The van der Waals surface area contributed by atoms with Gasteiger partial charge in [0.2, 0.25) is 0 Å². The van der Waals surface area contributed by atoms with Gasteiger partial charge in [0.05, 0.1) is 0 Å². The van der Waals surface area contributed by atoms with Crippen molar-refractivity contribution >= 4 is 21.4 Å². The van der Waals surface area contributed by atoms with Gasteiger partial charge in [-0.2, -0.15) is 0 Å². The second-order valence-electron chi connectivity index (χ2n) is 4.30.